The highest BCUT2D eigenvalue weighted by molar-refractivity contribution is 5.97. The zero-order chi connectivity index (χ0) is 22.2. The largest absolute Gasteiger partial charge is 0.298 e. The number of nitrogens with zero attached hydrogens (tertiary/aromatic N) is 4. The number of aromatic nitrogens is 3. The summed E-state index contributed by atoms with van der Waals surface area (Å²) >= 11 is 0. The first-order chi connectivity index (χ1) is 15.8. The summed E-state index contributed by atoms with van der Waals surface area (Å²) in [5.41, 5.74) is 4.87. The number of pyridine rings is 3. The number of carbonyl (C=O) groups is 1. The quantitative estimate of drug-likeness (QED) is 0.278. The minimum Gasteiger partial charge on any atom is -0.298 e. The Labute approximate surface area is 185 Å². The van der Waals surface area contributed by atoms with E-state index in [-0.39, 0.29) is 0 Å². The highest BCUT2D eigenvalue weighted by atomic mass is 16.1. The summed E-state index contributed by atoms with van der Waals surface area (Å²) in [6, 6.07) is 25.1. The van der Waals surface area contributed by atoms with Crippen molar-refractivity contribution < 1.29 is 4.79 Å². The van der Waals surface area contributed by atoms with Gasteiger partial charge < -0.3 is 0 Å². The third-order valence-corrected chi connectivity index (χ3v) is 4.89. The van der Waals surface area contributed by atoms with Crippen LogP contribution in [0.15, 0.2) is 97.6 Å². The van der Waals surface area contributed by atoms with Gasteiger partial charge in [-0.25, -0.2) is 0 Å². The first-order valence-corrected chi connectivity index (χ1v) is 9.95. The van der Waals surface area contributed by atoms with E-state index in [2.05, 4.69) is 21.0 Å². The molecular weight excluding hydrogens is 396 g/mol. The molecule has 0 spiro atoms. The average Bonchev–Trinajstić information content (AvgIpc) is 2.88. The molecule has 5 aromatic rings. The number of para-hydroxylation sites is 2. The third-order valence-electron chi connectivity index (χ3n) is 4.89. The Hall–Kier alpha value is -4.69. The molecule has 0 unspecified atom stereocenters. The molecular formula is C27H18N4O. The van der Waals surface area contributed by atoms with Crippen molar-refractivity contribution in [3.05, 3.63) is 114 Å². The number of allylic oxidation sites excluding steroid dienone is 1. The first kappa shape index (κ1) is 20.6. The lowest BCUT2D eigenvalue weighted by Crippen LogP contribution is -1.85. The van der Waals surface area contributed by atoms with Crippen molar-refractivity contribution in [2.24, 2.45) is 0 Å². The summed E-state index contributed by atoms with van der Waals surface area (Å²) in [5, 5.41) is 11.3. The van der Waals surface area contributed by atoms with E-state index in [0.717, 1.165) is 39.2 Å². The standard InChI is InChI=1S/C17H11N3.C10H7NO/c18-11-15(14-4-3-8-19-12-14)10-13-7-9-20-17-6-2-1-5-16(13)17;12-7-8-5-6-11-10-4-2-1-3-9(8)10/h1-10,12H;1-7H. The van der Waals surface area contributed by atoms with Crippen LogP contribution in [0.5, 0.6) is 0 Å². The molecule has 3 heterocycles. The van der Waals surface area contributed by atoms with Crippen LogP contribution in [0, 0.1) is 11.3 Å². The molecule has 5 heteroatoms. The van der Waals surface area contributed by atoms with Gasteiger partial charge in [-0.3, -0.25) is 19.7 Å². The number of hydrogen-bond acceptors (Lipinski definition) is 5. The minimum atomic E-state index is 0.592. The molecule has 0 aliphatic carbocycles. The molecule has 0 fully saturated rings. The molecule has 3 aromatic heterocycles. The molecule has 0 amide bonds. The predicted octanol–water partition coefficient (Wildman–Crippen LogP) is 5.74. The number of aldehydes is 1. The SMILES string of the molecule is N#CC(=Cc1ccnc2ccccc12)c1cccnc1.O=Cc1ccnc2ccccc12. The fourth-order valence-electron chi connectivity index (χ4n) is 3.32. The first-order valence-electron chi connectivity index (χ1n) is 9.95. The Morgan fingerprint density at radius 1 is 0.750 bits per heavy atom. The van der Waals surface area contributed by atoms with Crippen molar-refractivity contribution >= 4 is 39.7 Å². The van der Waals surface area contributed by atoms with Crippen molar-refractivity contribution in [1.82, 2.24) is 15.0 Å². The Balaban J connectivity index is 0.000000174. The maximum Gasteiger partial charge on any atom is 0.150 e. The second kappa shape index (κ2) is 9.88. The predicted molar refractivity (Wildman–Crippen MR) is 127 cm³/mol. The molecule has 152 valence electrons. The van der Waals surface area contributed by atoms with Crippen molar-refractivity contribution in [3.8, 4) is 6.07 Å². The van der Waals surface area contributed by atoms with Crippen LogP contribution < -0.4 is 0 Å². The van der Waals surface area contributed by atoms with Gasteiger partial charge in [0.2, 0.25) is 0 Å². The normalized spacial score (nSPS) is 10.8. The van der Waals surface area contributed by atoms with E-state index in [1.807, 2.05) is 72.8 Å². The van der Waals surface area contributed by atoms with Crippen LogP contribution in [-0.4, -0.2) is 21.2 Å². The maximum absolute atomic E-state index is 10.6. The van der Waals surface area contributed by atoms with E-state index in [1.165, 1.54) is 0 Å². The second-order valence-corrected chi connectivity index (χ2v) is 6.86. The number of nitriles is 1. The van der Waals surface area contributed by atoms with Crippen molar-refractivity contribution in [2.75, 3.05) is 0 Å². The molecule has 0 saturated carbocycles. The molecule has 5 nitrogen and oxygen atoms in total. The Morgan fingerprint density at radius 3 is 1.97 bits per heavy atom. The minimum absolute atomic E-state index is 0.592. The van der Waals surface area contributed by atoms with E-state index >= 15 is 0 Å². The van der Waals surface area contributed by atoms with Gasteiger partial charge >= 0.3 is 0 Å². The number of hydrogen-bond donors (Lipinski definition) is 0. The summed E-state index contributed by atoms with van der Waals surface area (Å²) in [7, 11) is 0. The van der Waals surface area contributed by atoms with Gasteiger partial charge in [-0.1, -0.05) is 42.5 Å². The van der Waals surface area contributed by atoms with E-state index in [9.17, 15) is 10.1 Å². The second-order valence-electron chi connectivity index (χ2n) is 6.86. The van der Waals surface area contributed by atoms with Crippen LogP contribution >= 0.6 is 0 Å². The van der Waals surface area contributed by atoms with E-state index in [0.29, 0.717) is 11.1 Å². The smallest absolute Gasteiger partial charge is 0.150 e. The number of carbonyl (C=O) groups excluding carboxylic acids is 1. The van der Waals surface area contributed by atoms with Crippen LogP contribution in [0.1, 0.15) is 21.5 Å². The molecule has 0 atom stereocenters. The summed E-state index contributed by atoms with van der Waals surface area (Å²) in [5.74, 6) is 0. The highest BCUT2D eigenvalue weighted by Crippen LogP contribution is 2.22. The van der Waals surface area contributed by atoms with Crippen LogP contribution in [0.2, 0.25) is 0 Å². The van der Waals surface area contributed by atoms with Gasteiger partial charge in [-0.2, -0.15) is 5.26 Å². The summed E-state index contributed by atoms with van der Waals surface area (Å²) in [6.45, 7) is 0. The molecule has 0 aliphatic rings. The van der Waals surface area contributed by atoms with Crippen LogP contribution in [0.25, 0.3) is 33.5 Å². The van der Waals surface area contributed by atoms with Gasteiger partial charge in [0.1, 0.15) is 0 Å². The fourth-order valence-corrected chi connectivity index (χ4v) is 3.32. The Morgan fingerprint density at radius 2 is 1.38 bits per heavy atom. The van der Waals surface area contributed by atoms with Crippen molar-refractivity contribution in [2.45, 2.75) is 0 Å². The summed E-state index contributed by atoms with van der Waals surface area (Å²) in [6.07, 6.45) is 9.52. The molecule has 5 rings (SSSR count). The maximum atomic E-state index is 10.6. The van der Waals surface area contributed by atoms with E-state index < -0.39 is 0 Å². The van der Waals surface area contributed by atoms with Gasteiger partial charge in [0.15, 0.2) is 6.29 Å². The van der Waals surface area contributed by atoms with Crippen molar-refractivity contribution in [1.29, 1.82) is 5.26 Å². The highest BCUT2D eigenvalue weighted by Gasteiger charge is 2.04. The number of benzene rings is 2. The van der Waals surface area contributed by atoms with Crippen molar-refractivity contribution in [3.63, 3.8) is 0 Å². The summed E-state index contributed by atoms with van der Waals surface area (Å²) < 4.78 is 0. The van der Waals surface area contributed by atoms with Crippen LogP contribution in [-0.2, 0) is 0 Å². The molecule has 0 saturated heterocycles. The molecule has 32 heavy (non-hydrogen) atoms. The number of rotatable bonds is 3. The van der Waals surface area contributed by atoms with Gasteiger partial charge in [-0.15, -0.1) is 0 Å². The van der Waals surface area contributed by atoms with Gasteiger partial charge in [0.05, 0.1) is 22.7 Å². The Kier molecular flexibility index (Phi) is 6.35. The molecule has 0 radical (unpaired) electrons. The zero-order valence-electron chi connectivity index (χ0n) is 17.1. The van der Waals surface area contributed by atoms with Crippen LogP contribution in [0.3, 0.4) is 0 Å². The van der Waals surface area contributed by atoms with Crippen LogP contribution in [0.4, 0.5) is 0 Å². The molecule has 2 aromatic carbocycles. The van der Waals surface area contributed by atoms with Gasteiger partial charge in [-0.05, 0) is 42.0 Å². The molecule has 0 aliphatic heterocycles. The Bertz CT molecular complexity index is 1440. The summed E-state index contributed by atoms with van der Waals surface area (Å²) in [4.78, 5) is 23.1. The van der Waals surface area contributed by atoms with E-state index in [4.69, 9.17) is 0 Å². The lowest BCUT2D eigenvalue weighted by molar-refractivity contribution is 0.112. The molecule has 0 bridgehead atoms. The van der Waals surface area contributed by atoms with Gasteiger partial charge in [0.25, 0.3) is 0 Å². The van der Waals surface area contributed by atoms with E-state index in [1.54, 1.807) is 30.9 Å². The number of fused-ring (bicyclic) bond motifs is 2. The fraction of sp³-hybridized carbons (Fsp3) is 0. The third kappa shape index (κ3) is 4.55. The average molecular weight is 414 g/mol. The topological polar surface area (TPSA) is 79.5 Å². The zero-order valence-corrected chi connectivity index (χ0v) is 17.1. The van der Waals surface area contributed by atoms with Gasteiger partial charge in [0, 0.05) is 46.7 Å². The lowest BCUT2D eigenvalue weighted by atomic mass is 10.0. The lowest BCUT2D eigenvalue weighted by Gasteiger charge is -2.03. The molecule has 0 N–H and O–H groups in total. The monoisotopic (exact) mass is 414 g/mol.